The molecule has 4 aliphatic rings. The zero-order valence-electron chi connectivity index (χ0n) is 24.3. The maximum Gasteiger partial charge on any atom is 0.471 e. The average molecular weight is 629 g/mol. The van der Waals surface area contributed by atoms with Crippen molar-refractivity contribution in [2.75, 3.05) is 6.54 Å². The fourth-order valence-electron chi connectivity index (χ4n) is 7.41. The number of rotatable bonds is 3. The normalized spacial score (nSPS) is 23.4. The van der Waals surface area contributed by atoms with Crippen molar-refractivity contribution in [2.24, 2.45) is 0 Å². The molecule has 2 aromatic heterocycles. The molecule has 0 unspecified atom stereocenters. The molecular formula is C31H28F4N4O6. The van der Waals surface area contributed by atoms with E-state index in [2.05, 4.69) is 5.32 Å². The summed E-state index contributed by atoms with van der Waals surface area (Å²) in [6, 6.07) is 0.743. The molecule has 0 bridgehead atoms. The van der Waals surface area contributed by atoms with Crippen LogP contribution in [0.5, 0.6) is 0 Å². The Kier molecular flexibility index (Phi) is 6.42. The van der Waals surface area contributed by atoms with Crippen LogP contribution in [0.1, 0.15) is 72.0 Å². The van der Waals surface area contributed by atoms with E-state index >= 15 is 4.39 Å². The number of carbonyl (C=O) groups excluding carboxylic acids is 3. The lowest BCUT2D eigenvalue weighted by molar-refractivity contribution is -0.186. The van der Waals surface area contributed by atoms with E-state index in [1.807, 2.05) is 0 Å². The SMILES string of the molecule is CC[C@@]1(O)C(=O)OCc2c1cc1n(c2=O)Cc2c-1nc1cc(F)c(C)c3c1c2[C@@H](NC(=O)[C@H]1CCCN1C(=O)C(F)(F)F)CC3. The highest BCUT2D eigenvalue weighted by atomic mass is 19.4. The third kappa shape index (κ3) is 4.14. The van der Waals surface area contributed by atoms with Gasteiger partial charge in [-0.3, -0.25) is 14.4 Å². The van der Waals surface area contributed by atoms with Crippen LogP contribution < -0.4 is 10.9 Å². The molecule has 1 saturated heterocycles. The minimum absolute atomic E-state index is 0.0118. The maximum atomic E-state index is 15.1. The van der Waals surface area contributed by atoms with Gasteiger partial charge in [0, 0.05) is 29.1 Å². The number of fused-ring (bicyclic) bond motifs is 5. The number of aromatic nitrogens is 2. The lowest BCUT2D eigenvalue weighted by Crippen LogP contribution is -2.51. The summed E-state index contributed by atoms with van der Waals surface area (Å²) in [5.74, 6) is -4.17. The van der Waals surface area contributed by atoms with Crippen LogP contribution in [0.15, 0.2) is 16.9 Å². The Balaban J connectivity index is 1.38. The number of aliphatic hydroxyl groups is 1. The highest BCUT2D eigenvalue weighted by molar-refractivity contribution is 5.95. The second kappa shape index (κ2) is 9.83. The third-order valence-electron chi connectivity index (χ3n) is 9.75. The van der Waals surface area contributed by atoms with Gasteiger partial charge in [-0.2, -0.15) is 13.2 Å². The number of halogens is 4. The molecule has 1 fully saturated rings. The second-order valence-corrected chi connectivity index (χ2v) is 12.1. The first kappa shape index (κ1) is 29.4. The van der Waals surface area contributed by atoms with Gasteiger partial charge in [-0.1, -0.05) is 6.92 Å². The summed E-state index contributed by atoms with van der Waals surface area (Å²) in [5, 5.41) is 14.7. The predicted molar refractivity (Wildman–Crippen MR) is 149 cm³/mol. The fourth-order valence-corrected chi connectivity index (χ4v) is 7.41. The van der Waals surface area contributed by atoms with Crippen LogP contribution in [0.2, 0.25) is 0 Å². The van der Waals surface area contributed by atoms with Gasteiger partial charge in [-0.25, -0.2) is 14.2 Å². The summed E-state index contributed by atoms with van der Waals surface area (Å²) < 4.78 is 61.5. The topological polar surface area (TPSA) is 131 Å². The molecule has 1 aliphatic carbocycles. The Labute approximate surface area is 253 Å². The molecular weight excluding hydrogens is 600 g/mol. The molecule has 5 heterocycles. The summed E-state index contributed by atoms with van der Waals surface area (Å²) >= 11 is 0. The van der Waals surface area contributed by atoms with Crippen LogP contribution in [0.3, 0.4) is 0 Å². The third-order valence-corrected chi connectivity index (χ3v) is 9.75. The van der Waals surface area contributed by atoms with Gasteiger partial charge in [0.1, 0.15) is 18.5 Å². The maximum absolute atomic E-state index is 15.1. The Hall–Kier alpha value is -4.33. The van der Waals surface area contributed by atoms with Gasteiger partial charge in [0.05, 0.1) is 35.1 Å². The number of alkyl halides is 3. The molecule has 0 saturated carbocycles. The van der Waals surface area contributed by atoms with Gasteiger partial charge in [-0.05, 0) is 61.8 Å². The number of benzene rings is 1. The van der Waals surface area contributed by atoms with Gasteiger partial charge >= 0.3 is 18.1 Å². The Morgan fingerprint density at radius 3 is 2.64 bits per heavy atom. The Morgan fingerprint density at radius 1 is 1.18 bits per heavy atom. The second-order valence-electron chi connectivity index (χ2n) is 12.1. The number of likely N-dealkylation sites (tertiary alicyclic amines) is 1. The zero-order chi connectivity index (χ0) is 32.2. The van der Waals surface area contributed by atoms with Crippen LogP contribution in [0, 0.1) is 12.7 Å². The van der Waals surface area contributed by atoms with Crippen molar-refractivity contribution >= 4 is 28.7 Å². The molecule has 1 aromatic carbocycles. The first-order chi connectivity index (χ1) is 21.3. The summed E-state index contributed by atoms with van der Waals surface area (Å²) in [6.45, 7) is 2.71. The molecule has 45 heavy (non-hydrogen) atoms. The molecule has 10 nitrogen and oxygen atoms in total. The van der Waals surface area contributed by atoms with Gasteiger partial charge in [0.2, 0.25) is 5.91 Å². The highest BCUT2D eigenvalue weighted by Gasteiger charge is 2.49. The number of hydrogen-bond donors (Lipinski definition) is 2. The van der Waals surface area contributed by atoms with E-state index in [1.54, 1.807) is 13.8 Å². The number of nitrogens with one attached hydrogen (secondary N) is 1. The van der Waals surface area contributed by atoms with Crippen molar-refractivity contribution in [3.8, 4) is 11.4 Å². The van der Waals surface area contributed by atoms with Crippen molar-refractivity contribution in [1.82, 2.24) is 19.8 Å². The van der Waals surface area contributed by atoms with Gasteiger partial charge in [-0.15, -0.1) is 0 Å². The number of cyclic esters (lactones) is 1. The number of carbonyl (C=O) groups is 3. The van der Waals surface area contributed by atoms with Crippen molar-refractivity contribution in [2.45, 2.75) is 83.0 Å². The number of ether oxygens (including phenoxy) is 1. The number of pyridine rings is 2. The molecule has 3 atom stereocenters. The van der Waals surface area contributed by atoms with Gasteiger partial charge < -0.3 is 24.6 Å². The van der Waals surface area contributed by atoms with Crippen molar-refractivity contribution < 1.29 is 41.8 Å². The molecule has 3 aliphatic heterocycles. The van der Waals surface area contributed by atoms with E-state index in [1.165, 1.54) is 16.7 Å². The molecule has 2 amide bonds. The number of hydrogen-bond acceptors (Lipinski definition) is 7. The van der Waals surface area contributed by atoms with Crippen molar-refractivity contribution in [3.05, 3.63) is 61.7 Å². The number of aryl methyl sites for hydroxylation is 1. The van der Waals surface area contributed by atoms with Gasteiger partial charge in [0.15, 0.2) is 5.60 Å². The van der Waals surface area contributed by atoms with Crippen LogP contribution in [0.25, 0.3) is 22.3 Å². The zero-order valence-corrected chi connectivity index (χ0v) is 24.3. The van der Waals surface area contributed by atoms with Crippen molar-refractivity contribution in [3.63, 3.8) is 0 Å². The molecule has 0 radical (unpaired) electrons. The van der Waals surface area contributed by atoms with Crippen LogP contribution in [-0.2, 0) is 44.3 Å². The van der Waals surface area contributed by atoms with E-state index in [9.17, 15) is 37.5 Å². The van der Waals surface area contributed by atoms with Crippen LogP contribution in [0.4, 0.5) is 17.6 Å². The monoisotopic (exact) mass is 628 g/mol. The van der Waals surface area contributed by atoms with E-state index in [-0.39, 0.29) is 62.0 Å². The van der Waals surface area contributed by atoms with Crippen LogP contribution in [-0.4, -0.2) is 56.1 Å². The van der Waals surface area contributed by atoms with E-state index in [0.717, 1.165) is 0 Å². The first-order valence-electron chi connectivity index (χ1n) is 14.8. The Morgan fingerprint density at radius 2 is 1.93 bits per heavy atom. The lowest BCUT2D eigenvalue weighted by Gasteiger charge is -2.32. The summed E-state index contributed by atoms with van der Waals surface area (Å²) in [7, 11) is 0. The van der Waals surface area contributed by atoms with E-state index in [0.29, 0.717) is 50.3 Å². The Bertz CT molecular complexity index is 1920. The van der Waals surface area contributed by atoms with E-state index in [4.69, 9.17) is 9.72 Å². The minimum Gasteiger partial charge on any atom is -0.458 e. The van der Waals surface area contributed by atoms with Crippen LogP contribution >= 0.6 is 0 Å². The number of esters is 1. The quantitative estimate of drug-likeness (QED) is 0.263. The molecule has 236 valence electrons. The first-order valence-corrected chi connectivity index (χ1v) is 14.8. The molecule has 3 aromatic rings. The predicted octanol–water partition coefficient (Wildman–Crippen LogP) is 3.18. The smallest absolute Gasteiger partial charge is 0.458 e. The summed E-state index contributed by atoms with van der Waals surface area (Å²) in [5.41, 5.74) is 0.751. The minimum atomic E-state index is -5.12. The lowest BCUT2D eigenvalue weighted by atomic mass is 9.81. The number of amides is 2. The number of nitrogens with zero attached hydrogens (tertiary/aromatic N) is 3. The van der Waals surface area contributed by atoms with Gasteiger partial charge in [0.25, 0.3) is 5.56 Å². The summed E-state index contributed by atoms with van der Waals surface area (Å²) in [4.78, 5) is 57.2. The summed E-state index contributed by atoms with van der Waals surface area (Å²) in [6.07, 6.45) is -4.24. The largest absolute Gasteiger partial charge is 0.471 e. The fraction of sp³-hybridized carbons (Fsp3) is 0.452. The van der Waals surface area contributed by atoms with Crippen molar-refractivity contribution in [1.29, 1.82) is 0 Å². The average Bonchev–Trinajstić information content (AvgIpc) is 3.63. The molecule has 7 rings (SSSR count). The highest BCUT2D eigenvalue weighted by Crippen LogP contribution is 2.46. The molecule has 0 spiro atoms. The van der Waals surface area contributed by atoms with E-state index < -0.39 is 53.0 Å². The standard InChI is InChI=1S/C31H28F4N4O6/c1-3-30(44)17-9-22-25-15(11-39(22)27(41)16(17)12-45-29(30)43)24-19(7-6-14-13(2)18(32)10-20(36-25)23(14)24)37-26(40)21-5-4-8-38(21)28(42)31(33,34)35/h9-10,19,21,44H,3-8,11-12H2,1-2H3,(H,37,40)/t19-,21+,30-/m0/s1. The molecule has 2 N–H and O–H groups in total. The molecule has 14 heteroatoms.